The number of hydrogen-bond acceptors (Lipinski definition) is 3. The van der Waals surface area contributed by atoms with Gasteiger partial charge in [0, 0.05) is 24.5 Å². The van der Waals surface area contributed by atoms with Crippen LogP contribution in [0.15, 0.2) is 60.7 Å². The summed E-state index contributed by atoms with van der Waals surface area (Å²) < 4.78 is 0. The van der Waals surface area contributed by atoms with Crippen molar-refractivity contribution in [3.63, 3.8) is 0 Å². The summed E-state index contributed by atoms with van der Waals surface area (Å²) >= 11 is 0. The number of ketones is 1. The minimum atomic E-state index is -0.0974. The second-order valence-electron chi connectivity index (χ2n) is 6.84. The highest BCUT2D eigenvalue weighted by molar-refractivity contribution is 6.01. The van der Waals surface area contributed by atoms with E-state index in [2.05, 4.69) is 64.4 Å². The third-order valence-corrected chi connectivity index (χ3v) is 5.61. The van der Waals surface area contributed by atoms with Gasteiger partial charge in [-0.05, 0) is 42.2 Å². The minimum absolute atomic E-state index is 0.0974. The van der Waals surface area contributed by atoms with Crippen LogP contribution >= 0.6 is 0 Å². The molecule has 1 aliphatic carbocycles. The van der Waals surface area contributed by atoms with Gasteiger partial charge >= 0.3 is 0 Å². The maximum atomic E-state index is 12.7. The van der Waals surface area contributed by atoms with E-state index in [1.165, 1.54) is 22.5 Å². The van der Waals surface area contributed by atoms with E-state index < -0.39 is 0 Å². The lowest BCUT2D eigenvalue weighted by Crippen LogP contribution is -2.51. The molecule has 3 nitrogen and oxygen atoms in total. The zero-order valence-corrected chi connectivity index (χ0v) is 13.6. The summed E-state index contributed by atoms with van der Waals surface area (Å²) in [6.45, 7) is 1.93. The molecule has 2 aromatic rings. The van der Waals surface area contributed by atoms with Crippen LogP contribution in [0.2, 0.25) is 0 Å². The Morgan fingerprint density at radius 1 is 0.792 bits per heavy atom. The number of hydrogen-bond donors (Lipinski definition) is 0. The second-order valence-corrected chi connectivity index (χ2v) is 6.84. The summed E-state index contributed by atoms with van der Waals surface area (Å²) in [5, 5.41) is 0. The summed E-state index contributed by atoms with van der Waals surface area (Å²) in [6, 6.07) is 17.1. The Bertz CT molecular complexity index is 841. The number of para-hydroxylation sites is 2. The molecule has 5 rings (SSSR count). The average molecular weight is 316 g/mol. The largest absolute Gasteiger partial charge is 0.362 e. The van der Waals surface area contributed by atoms with Crippen LogP contribution in [0.4, 0.5) is 11.4 Å². The fourth-order valence-electron chi connectivity index (χ4n) is 4.50. The molecule has 3 heteroatoms. The van der Waals surface area contributed by atoms with Crippen molar-refractivity contribution in [3.8, 4) is 0 Å². The van der Waals surface area contributed by atoms with Crippen LogP contribution in [0.1, 0.15) is 11.1 Å². The summed E-state index contributed by atoms with van der Waals surface area (Å²) in [4.78, 5) is 17.4. The second kappa shape index (κ2) is 5.23. The molecule has 0 radical (unpaired) electrons. The van der Waals surface area contributed by atoms with Gasteiger partial charge in [-0.3, -0.25) is 4.79 Å². The Labute approximate surface area is 142 Å². The maximum Gasteiger partial charge on any atom is 0.180 e. The van der Waals surface area contributed by atoms with E-state index >= 15 is 0 Å². The topological polar surface area (TPSA) is 23.6 Å². The normalized spacial score (nSPS) is 24.6. The van der Waals surface area contributed by atoms with Gasteiger partial charge in [-0.15, -0.1) is 0 Å². The molecule has 2 heterocycles. The lowest BCUT2D eigenvalue weighted by molar-refractivity contribution is -0.115. The quantitative estimate of drug-likeness (QED) is 0.851. The van der Waals surface area contributed by atoms with Crippen LogP contribution in [0, 0.1) is 0 Å². The number of nitrogens with zero attached hydrogens (tertiary/aromatic N) is 2. The summed E-state index contributed by atoms with van der Waals surface area (Å²) in [5.41, 5.74) is 5.28. The molecule has 120 valence electrons. The van der Waals surface area contributed by atoms with Gasteiger partial charge in [-0.2, -0.15) is 0 Å². The number of carbonyl (C=O) groups is 1. The highest BCUT2D eigenvalue weighted by Gasteiger charge is 2.42. The Hall–Kier alpha value is -2.55. The first-order valence-electron chi connectivity index (χ1n) is 8.74. The summed E-state index contributed by atoms with van der Waals surface area (Å²) in [7, 11) is 0. The first-order valence-corrected chi connectivity index (χ1v) is 8.74. The van der Waals surface area contributed by atoms with E-state index in [0.29, 0.717) is 0 Å². The predicted octanol–water partition coefficient (Wildman–Crippen LogP) is 2.99. The van der Waals surface area contributed by atoms with E-state index in [4.69, 9.17) is 0 Å². The average Bonchev–Trinajstić information content (AvgIpc) is 3.31. The van der Waals surface area contributed by atoms with Crippen molar-refractivity contribution < 1.29 is 4.79 Å². The Morgan fingerprint density at radius 2 is 1.38 bits per heavy atom. The molecule has 0 fully saturated rings. The van der Waals surface area contributed by atoms with Gasteiger partial charge in [-0.1, -0.05) is 42.5 Å². The van der Waals surface area contributed by atoms with Crippen molar-refractivity contribution in [2.24, 2.45) is 0 Å². The van der Waals surface area contributed by atoms with E-state index in [1.54, 1.807) is 6.08 Å². The first-order chi connectivity index (χ1) is 11.8. The van der Waals surface area contributed by atoms with Crippen molar-refractivity contribution in [3.05, 3.63) is 71.8 Å². The monoisotopic (exact) mass is 316 g/mol. The molecule has 0 spiro atoms. The van der Waals surface area contributed by atoms with Crippen molar-refractivity contribution in [2.45, 2.75) is 24.9 Å². The van der Waals surface area contributed by atoms with Crippen LogP contribution in [-0.4, -0.2) is 31.0 Å². The van der Waals surface area contributed by atoms with Crippen LogP contribution in [0.5, 0.6) is 0 Å². The zero-order chi connectivity index (χ0) is 16.1. The predicted molar refractivity (Wildman–Crippen MR) is 96.7 cm³/mol. The number of fused-ring (bicyclic) bond motifs is 2. The Balaban J connectivity index is 1.52. The standard InChI is InChI=1S/C21H20N2O/c24-20-10-9-19(22-13-11-15-5-1-3-7-17(15)22)21(20)23-14-12-16-6-2-4-8-18(16)23/h1-10,19,21H,11-14H2. The van der Waals surface area contributed by atoms with Gasteiger partial charge in [0.2, 0.25) is 0 Å². The van der Waals surface area contributed by atoms with Gasteiger partial charge in [0.15, 0.2) is 5.78 Å². The van der Waals surface area contributed by atoms with Crippen LogP contribution in [-0.2, 0) is 17.6 Å². The molecule has 0 saturated carbocycles. The summed E-state index contributed by atoms with van der Waals surface area (Å²) in [5.74, 6) is 0.237. The van der Waals surface area contributed by atoms with Gasteiger partial charge in [0.05, 0.1) is 6.04 Å². The maximum absolute atomic E-state index is 12.7. The number of carbonyl (C=O) groups excluding carboxylic acids is 1. The van der Waals surface area contributed by atoms with E-state index in [1.807, 2.05) is 0 Å². The van der Waals surface area contributed by atoms with Crippen LogP contribution < -0.4 is 9.80 Å². The summed E-state index contributed by atoms with van der Waals surface area (Å²) in [6.07, 6.45) is 5.99. The van der Waals surface area contributed by atoms with E-state index in [9.17, 15) is 4.79 Å². The van der Waals surface area contributed by atoms with Crippen molar-refractivity contribution in [1.82, 2.24) is 0 Å². The molecule has 0 saturated heterocycles. The third kappa shape index (κ3) is 1.94. The molecule has 0 aromatic heterocycles. The number of rotatable bonds is 2. The molecule has 2 aliphatic heterocycles. The van der Waals surface area contributed by atoms with Gasteiger partial charge in [-0.25, -0.2) is 0 Å². The Kier molecular flexibility index (Phi) is 3.02. The molecule has 2 unspecified atom stereocenters. The molecule has 2 atom stereocenters. The van der Waals surface area contributed by atoms with Crippen LogP contribution in [0.25, 0.3) is 0 Å². The number of benzene rings is 2. The highest BCUT2D eigenvalue weighted by atomic mass is 16.1. The fourth-order valence-corrected chi connectivity index (χ4v) is 4.50. The molecule has 2 aromatic carbocycles. The smallest absolute Gasteiger partial charge is 0.180 e. The first kappa shape index (κ1) is 13.8. The highest BCUT2D eigenvalue weighted by Crippen LogP contribution is 2.37. The Morgan fingerprint density at radius 3 is 2.08 bits per heavy atom. The van der Waals surface area contributed by atoms with E-state index in [-0.39, 0.29) is 17.9 Å². The molecule has 3 aliphatic rings. The van der Waals surface area contributed by atoms with Crippen molar-refractivity contribution in [2.75, 3.05) is 22.9 Å². The van der Waals surface area contributed by atoms with Crippen molar-refractivity contribution >= 4 is 17.2 Å². The SMILES string of the molecule is O=C1C=CC(N2CCc3ccccc32)C1N1CCc2ccccc21. The number of anilines is 2. The minimum Gasteiger partial charge on any atom is -0.362 e. The fraction of sp³-hybridized carbons (Fsp3) is 0.286. The lowest BCUT2D eigenvalue weighted by atomic mass is 10.1. The third-order valence-electron chi connectivity index (χ3n) is 5.61. The van der Waals surface area contributed by atoms with Gasteiger partial charge < -0.3 is 9.80 Å². The van der Waals surface area contributed by atoms with Crippen molar-refractivity contribution in [1.29, 1.82) is 0 Å². The molecule has 0 bridgehead atoms. The molecular formula is C21H20N2O. The van der Waals surface area contributed by atoms with Gasteiger partial charge in [0.1, 0.15) is 6.04 Å². The lowest BCUT2D eigenvalue weighted by Gasteiger charge is -2.36. The van der Waals surface area contributed by atoms with E-state index in [0.717, 1.165) is 25.9 Å². The molecule has 0 amide bonds. The molecule has 24 heavy (non-hydrogen) atoms. The van der Waals surface area contributed by atoms with Gasteiger partial charge in [0.25, 0.3) is 0 Å². The molecule has 0 N–H and O–H groups in total. The van der Waals surface area contributed by atoms with Crippen LogP contribution in [0.3, 0.4) is 0 Å². The molecular weight excluding hydrogens is 296 g/mol. The zero-order valence-electron chi connectivity index (χ0n) is 13.6.